The van der Waals surface area contributed by atoms with Gasteiger partial charge >= 0.3 is 0 Å². The maximum Gasteiger partial charge on any atom is 0.247 e. The fourth-order valence-corrected chi connectivity index (χ4v) is 4.18. The Morgan fingerprint density at radius 3 is 2.84 bits per heavy atom. The first kappa shape index (κ1) is 13.8. The number of amides is 1. The summed E-state index contributed by atoms with van der Waals surface area (Å²) in [6, 6.07) is 7.43. The minimum atomic E-state index is -1.97. The highest BCUT2D eigenvalue weighted by Crippen LogP contribution is 2.16. The van der Waals surface area contributed by atoms with Crippen LogP contribution in [0.5, 0.6) is 0 Å². The molecule has 1 saturated heterocycles. The van der Waals surface area contributed by atoms with Gasteiger partial charge in [-0.2, -0.15) is 0 Å². The van der Waals surface area contributed by atoms with Gasteiger partial charge in [0.25, 0.3) is 0 Å². The monoisotopic (exact) mass is 278 g/mol. The van der Waals surface area contributed by atoms with Gasteiger partial charge in [0.2, 0.25) is 5.91 Å². The molecule has 1 heterocycles. The second-order valence-electron chi connectivity index (χ2n) is 4.57. The highest BCUT2D eigenvalue weighted by Gasteiger charge is 2.15. The molecule has 0 saturated carbocycles. The third kappa shape index (κ3) is 3.92. The largest absolute Gasteiger partial charge is 0.323 e. The summed E-state index contributed by atoms with van der Waals surface area (Å²) >= 11 is 0. The molecular weight excluding hydrogens is 260 g/mol. The molecule has 0 aliphatic carbocycles. The Kier molecular flexibility index (Phi) is 4.37. The highest BCUT2D eigenvalue weighted by atomic mass is 32.2. The summed E-state index contributed by atoms with van der Waals surface area (Å²) in [6.45, 7) is 3.85. The molecule has 1 aliphatic heterocycles. The van der Waals surface area contributed by atoms with Crippen molar-refractivity contribution in [3.63, 3.8) is 0 Å². The summed E-state index contributed by atoms with van der Waals surface area (Å²) < 4.78 is 16.6. The molecule has 1 aromatic rings. The van der Waals surface area contributed by atoms with Crippen molar-refractivity contribution in [3.8, 4) is 0 Å². The quantitative estimate of drug-likeness (QED) is 0.861. The van der Waals surface area contributed by atoms with E-state index < -0.39 is 9.73 Å². The lowest BCUT2D eigenvalue weighted by molar-refractivity contribution is -0.111. The van der Waals surface area contributed by atoms with E-state index >= 15 is 0 Å². The standard InChI is InChI=1S/C14H18N2O2S/c1-2-14(17)16-13-7-5-6-12(10-13)11-15-19(18)8-3-4-9-19/h2,5-7,10H,1,3-4,8-9,11H2,(H,16,17). The van der Waals surface area contributed by atoms with E-state index in [-0.39, 0.29) is 5.91 Å². The van der Waals surface area contributed by atoms with Crippen molar-refractivity contribution in [1.82, 2.24) is 0 Å². The lowest BCUT2D eigenvalue weighted by atomic mass is 10.2. The molecule has 2 rings (SSSR count). The third-order valence-electron chi connectivity index (χ3n) is 3.04. The molecule has 4 nitrogen and oxygen atoms in total. The van der Waals surface area contributed by atoms with E-state index in [0.717, 1.165) is 29.9 Å². The van der Waals surface area contributed by atoms with Crippen LogP contribution in [0.1, 0.15) is 18.4 Å². The smallest absolute Gasteiger partial charge is 0.247 e. The second-order valence-corrected chi connectivity index (χ2v) is 7.19. The normalized spacial score (nSPS) is 16.8. The number of anilines is 1. The Balaban J connectivity index is 2.09. The summed E-state index contributed by atoms with van der Waals surface area (Å²) in [7, 11) is -1.97. The van der Waals surface area contributed by atoms with Gasteiger partial charge in [-0.25, -0.2) is 8.57 Å². The van der Waals surface area contributed by atoms with Gasteiger partial charge in [-0.05, 0) is 36.6 Å². The molecule has 19 heavy (non-hydrogen) atoms. The van der Waals surface area contributed by atoms with Crippen LogP contribution < -0.4 is 5.32 Å². The number of rotatable bonds is 4. The Hall–Kier alpha value is -1.62. The van der Waals surface area contributed by atoms with Crippen LogP contribution in [-0.4, -0.2) is 21.6 Å². The minimum Gasteiger partial charge on any atom is -0.323 e. The maximum atomic E-state index is 12.2. The fourth-order valence-electron chi connectivity index (χ4n) is 2.02. The summed E-state index contributed by atoms with van der Waals surface area (Å²) in [5.74, 6) is 1.20. The first-order valence-electron chi connectivity index (χ1n) is 6.32. The van der Waals surface area contributed by atoms with E-state index in [1.165, 1.54) is 6.08 Å². The molecule has 5 heteroatoms. The molecule has 1 aliphatic rings. The van der Waals surface area contributed by atoms with Crippen LogP contribution in [0.4, 0.5) is 5.69 Å². The van der Waals surface area contributed by atoms with Crippen molar-refractivity contribution in [2.45, 2.75) is 19.4 Å². The molecule has 0 aromatic heterocycles. The van der Waals surface area contributed by atoms with Gasteiger partial charge in [0, 0.05) is 26.9 Å². The van der Waals surface area contributed by atoms with Crippen LogP contribution in [0.3, 0.4) is 0 Å². The van der Waals surface area contributed by atoms with E-state index in [2.05, 4.69) is 16.3 Å². The summed E-state index contributed by atoms with van der Waals surface area (Å²) in [5, 5.41) is 2.70. The predicted molar refractivity (Wildman–Crippen MR) is 78.5 cm³/mol. The average Bonchev–Trinajstić information content (AvgIpc) is 2.84. The molecule has 102 valence electrons. The molecule has 1 fully saturated rings. The maximum absolute atomic E-state index is 12.2. The first-order chi connectivity index (χ1) is 9.11. The third-order valence-corrected chi connectivity index (χ3v) is 5.49. The van der Waals surface area contributed by atoms with Gasteiger partial charge in [0.1, 0.15) is 0 Å². The molecule has 0 atom stereocenters. The Bertz CT molecular complexity index is 589. The van der Waals surface area contributed by atoms with Crippen molar-refractivity contribution in [2.75, 3.05) is 16.8 Å². The van der Waals surface area contributed by atoms with Gasteiger partial charge in [-0.3, -0.25) is 4.79 Å². The van der Waals surface area contributed by atoms with Gasteiger partial charge in [0.15, 0.2) is 0 Å². The minimum absolute atomic E-state index is 0.240. The Morgan fingerprint density at radius 2 is 2.16 bits per heavy atom. The number of benzene rings is 1. The average molecular weight is 278 g/mol. The van der Waals surface area contributed by atoms with E-state index in [1.54, 1.807) is 6.07 Å². The van der Waals surface area contributed by atoms with E-state index in [1.807, 2.05) is 18.2 Å². The first-order valence-corrected chi connectivity index (χ1v) is 8.17. The highest BCUT2D eigenvalue weighted by molar-refractivity contribution is 7.93. The number of carbonyl (C=O) groups is 1. The van der Waals surface area contributed by atoms with Gasteiger partial charge in [-0.1, -0.05) is 18.7 Å². The predicted octanol–water partition coefficient (Wildman–Crippen LogP) is 2.57. The Labute approximate surface area is 114 Å². The fraction of sp³-hybridized carbons (Fsp3) is 0.357. The number of nitrogens with zero attached hydrogens (tertiary/aromatic N) is 1. The SMILES string of the molecule is C=CC(=O)Nc1cccc(CN=S2(=O)CCCC2)c1. The number of hydrogen-bond donors (Lipinski definition) is 1. The van der Waals surface area contributed by atoms with Crippen LogP contribution in [0.2, 0.25) is 0 Å². The number of carbonyl (C=O) groups excluding carboxylic acids is 1. The summed E-state index contributed by atoms with van der Waals surface area (Å²) in [5.41, 5.74) is 1.66. The van der Waals surface area contributed by atoms with Crippen molar-refractivity contribution in [1.29, 1.82) is 0 Å². The summed E-state index contributed by atoms with van der Waals surface area (Å²) in [4.78, 5) is 11.2. The molecular formula is C14H18N2O2S. The van der Waals surface area contributed by atoms with Crippen LogP contribution in [0.15, 0.2) is 41.3 Å². The van der Waals surface area contributed by atoms with E-state index in [4.69, 9.17) is 0 Å². The summed E-state index contributed by atoms with van der Waals surface area (Å²) in [6.07, 6.45) is 3.25. The molecule has 0 radical (unpaired) electrons. The Morgan fingerprint density at radius 1 is 1.42 bits per heavy atom. The van der Waals surface area contributed by atoms with Crippen LogP contribution in [-0.2, 0) is 21.1 Å². The van der Waals surface area contributed by atoms with Gasteiger partial charge < -0.3 is 5.32 Å². The topological polar surface area (TPSA) is 58.5 Å². The lowest BCUT2D eigenvalue weighted by Crippen LogP contribution is -2.07. The van der Waals surface area contributed by atoms with Crippen molar-refractivity contribution in [2.24, 2.45) is 4.36 Å². The second kappa shape index (κ2) is 6.02. The number of hydrogen-bond acceptors (Lipinski definition) is 3. The molecule has 0 bridgehead atoms. The van der Waals surface area contributed by atoms with Crippen LogP contribution >= 0.6 is 0 Å². The van der Waals surface area contributed by atoms with Crippen molar-refractivity contribution < 1.29 is 9.00 Å². The number of nitrogens with one attached hydrogen (secondary N) is 1. The lowest BCUT2D eigenvalue weighted by Gasteiger charge is -2.05. The molecule has 1 N–H and O–H groups in total. The molecule has 1 amide bonds. The van der Waals surface area contributed by atoms with E-state index in [9.17, 15) is 9.00 Å². The van der Waals surface area contributed by atoms with Crippen molar-refractivity contribution in [3.05, 3.63) is 42.5 Å². The zero-order chi connectivity index (χ0) is 13.7. The van der Waals surface area contributed by atoms with E-state index in [0.29, 0.717) is 12.2 Å². The molecule has 0 spiro atoms. The van der Waals surface area contributed by atoms with Gasteiger partial charge in [0.05, 0.1) is 6.54 Å². The van der Waals surface area contributed by atoms with Crippen molar-refractivity contribution >= 4 is 21.3 Å². The van der Waals surface area contributed by atoms with Crippen LogP contribution in [0.25, 0.3) is 0 Å². The zero-order valence-corrected chi connectivity index (χ0v) is 11.6. The molecule has 0 unspecified atom stereocenters. The van der Waals surface area contributed by atoms with Gasteiger partial charge in [-0.15, -0.1) is 0 Å². The zero-order valence-electron chi connectivity index (χ0n) is 10.8. The van der Waals surface area contributed by atoms with Crippen LogP contribution in [0, 0.1) is 0 Å². The molecule has 1 aromatic carbocycles.